The third kappa shape index (κ3) is 4.46. The molecule has 26 heavy (non-hydrogen) atoms. The van der Waals surface area contributed by atoms with Gasteiger partial charge in [0.05, 0.1) is 11.6 Å². The molecule has 0 spiro atoms. The molecule has 4 nitrogen and oxygen atoms in total. The van der Waals surface area contributed by atoms with E-state index < -0.39 is 0 Å². The molecule has 0 unspecified atom stereocenters. The molecule has 1 N–H and O–H groups in total. The SMILES string of the molecule is N#Cc1ccc(-c2ccc(OCC(=O)Nc3ccc(F)cc3)cc2)cc1. The van der Waals surface area contributed by atoms with E-state index in [1.807, 2.05) is 24.3 Å². The van der Waals surface area contributed by atoms with Gasteiger partial charge in [-0.2, -0.15) is 5.26 Å². The van der Waals surface area contributed by atoms with Crippen LogP contribution in [0.1, 0.15) is 5.56 Å². The third-order valence-corrected chi connectivity index (χ3v) is 3.70. The van der Waals surface area contributed by atoms with Crippen LogP contribution in [0.15, 0.2) is 72.8 Å². The second-order valence-electron chi connectivity index (χ2n) is 5.56. The van der Waals surface area contributed by atoms with Gasteiger partial charge in [-0.05, 0) is 59.7 Å². The zero-order valence-electron chi connectivity index (χ0n) is 13.8. The highest BCUT2D eigenvalue weighted by Gasteiger charge is 2.05. The molecule has 0 aromatic heterocycles. The number of anilines is 1. The number of halogens is 1. The number of nitrogens with zero attached hydrogens (tertiary/aromatic N) is 1. The molecule has 1 amide bonds. The first-order valence-electron chi connectivity index (χ1n) is 7.93. The van der Waals surface area contributed by atoms with E-state index in [4.69, 9.17) is 10.00 Å². The number of benzene rings is 3. The monoisotopic (exact) mass is 346 g/mol. The van der Waals surface area contributed by atoms with Gasteiger partial charge < -0.3 is 10.1 Å². The van der Waals surface area contributed by atoms with E-state index in [9.17, 15) is 9.18 Å². The highest BCUT2D eigenvalue weighted by atomic mass is 19.1. The molecule has 0 heterocycles. The van der Waals surface area contributed by atoms with Gasteiger partial charge in [-0.25, -0.2) is 4.39 Å². The van der Waals surface area contributed by atoms with E-state index >= 15 is 0 Å². The van der Waals surface area contributed by atoms with Crippen molar-refractivity contribution < 1.29 is 13.9 Å². The number of nitriles is 1. The standard InChI is InChI=1S/C21H15FN2O2/c22-18-7-9-19(10-8-18)24-21(25)14-26-20-11-5-17(6-12-20)16-3-1-15(13-23)2-4-16/h1-12H,14H2,(H,24,25). The number of carbonyl (C=O) groups is 1. The number of carbonyl (C=O) groups excluding carboxylic acids is 1. The lowest BCUT2D eigenvalue weighted by molar-refractivity contribution is -0.118. The summed E-state index contributed by atoms with van der Waals surface area (Å²) >= 11 is 0. The number of ether oxygens (including phenoxy) is 1. The molecule has 3 aromatic rings. The van der Waals surface area contributed by atoms with Gasteiger partial charge in [0.2, 0.25) is 0 Å². The second-order valence-corrected chi connectivity index (χ2v) is 5.56. The van der Waals surface area contributed by atoms with E-state index in [0.29, 0.717) is 17.0 Å². The first kappa shape index (κ1) is 17.2. The van der Waals surface area contributed by atoms with Crippen molar-refractivity contribution >= 4 is 11.6 Å². The van der Waals surface area contributed by atoms with Crippen molar-refractivity contribution in [1.29, 1.82) is 5.26 Å². The Hall–Kier alpha value is -3.65. The Bertz CT molecular complexity index is 928. The minimum Gasteiger partial charge on any atom is -0.484 e. The average Bonchev–Trinajstić information content (AvgIpc) is 2.69. The molecule has 0 bridgehead atoms. The van der Waals surface area contributed by atoms with Gasteiger partial charge >= 0.3 is 0 Å². The van der Waals surface area contributed by atoms with Crippen LogP contribution in [-0.4, -0.2) is 12.5 Å². The molecule has 0 atom stereocenters. The summed E-state index contributed by atoms with van der Waals surface area (Å²) in [5.41, 5.74) is 3.10. The summed E-state index contributed by atoms with van der Waals surface area (Å²) in [5.74, 6) is -0.119. The molecule has 128 valence electrons. The Morgan fingerprint density at radius 3 is 2.08 bits per heavy atom. The van der Waals surface area contributed by atoms with E-state index in [1.165, 1.54) is 24.3 Å². The van der Waals surface area contributed by atoms with Crippen molar-refractivity contribution in [2.75, 3.05) is 11.9 Å². The van der Waals surface area contributed by atoms with E-state index in [-0.39, 0.29) is 18.3 Å². The summed E-state index contributed by atoms with van der Waals surface area (Å²) in [7, 11) is 0. The van der Waals surface area contributed by atoms with Crippen LogP contribution in [-0.2, 0) is 4.79 Å². The van der Waals surface area contributed by atoms with Crippen molar-refractivity contribution in [3.05, 3.63) is 84.2 Å². The first-order valence-corrected chi connectivity index (χ1v) is 7.93. The molecule has 0 aliphatic heterocycles. The number of rotatable bonds is 5. The van der Waals surface area contributed by atoms with Crippen molar-refractivity contribution in [1.82, 2.24) is 0 Å². The maximum atomic E-state index is 12.8. The normalized spacial score (nSPS) is 10.0. The summed E-state index contributed by atoms with van der Waals surface area (Å²) in [6.45, 7) is -0.145. The van der Waals surface area contributed by atoms with Gasteiger partial charge in [-0.1, -0.05) is 24.3 Å². The molecule has 0 aliphatic rings. The van der Waals surface area contributed by atoms with Crippen LogP contribution in [0.25, 0.3) is 11.1 Å². The van der Waals surface area contributed by atoms with E-state index in [2.05, 4.69) is 11.4 Å². The maximum Gasteiger partial charge on any atom is 0.262 e. The highest BCUT2D eigenvalue weighted by Crippen LogP contribution is 2.22. The summed E-state index contributed by atoms with van der Waals surface area (Å²) < 4.78 is 18.3. The van der Waals surface area contributed by atoms with Crippen LogP contribution in [0.5, 0.6) is 5.75 Å². The molecule has 0 saturated heterocycles. The van der Waals surface area contributed by atoms with Crippen LogP contribution >= 0.6 is 0 Å². The smallest absolute Gasteiger partial charge is 0.262 e. The summed E-state index contributed by atoms with van der Waals surface area (Å²) in [6.07, 6.45) is 0. The summed E-state index contributed by atoms with van der Waals surface area (Å²) in [4.78, 5) is 11.9. The second kappa shape index (κ2) is 7.95. The Morgan fingerprint density at radius 2 is 1.50 bits per heavy atom. The van der Waals surface area contributed by atoms with Gasteiger partial charge in [0.1, 0.15) is 11.6 Å². The van der Waals surface area contributed by atoms with Gasteiger partial charge in [-0.3, -0.25) is 4.79 Å². The molecule has 0 aliphatic carbocycles. The lowest BCUT2D eigenvalue weighted by Crippen LogP contribution is -2.20. The lowest BCUT2D eigenvalue weighted by atomic mass is 10.0. The Kier molecular flexibility index (Phi) is 5.25. The number of hydrogen-bond acceptors (Lipinski definition) is 3. The number of hydrogen-bond donors (Lipinski definition) is 1. The molecule has 0 fully saturated rings. The molecule has 0 radical (unpaired) electrons. The zero-order valence-corrected chi connectivity index (χ0v) is 13.8. The van der Waals surface area contributed by atoms with E-state index in [0.717, 1.165) is 11.1 Å². The number of nitrogens with one attached hydrogen (secondary N) is 1. The van der Waals surface area contributed by atoms with E-state index in [1.54, 1.807) is 24.3 Å². The fourth-order valence-corrected chi connectivity index (χ4v) is 2.36. The molecular weight excluding hydrogens is 331 g/mol. The topological polar surface area (TPSA) is 62.1 Å². The van der Waals surface area contributed by atoms with Gasteiger partial charge in [0, 0.05) is 5.69 Å². The van der Waals surface area contributed by atoms with Crippen LogP contribution in [0, 0.1) is 17.1 Å². The summed E-state index contributed by atoms with van der Waals surface area (Å²) in [6, 6.07) is 22.2. The molecule has 3 aromatic carbocycles. The first-order chi connectivity index (χ1) is 12.6. The molecule has 3 rings (SSSR count). The van der Waals surface area contributed by atoms with Crippen molar-refractivity contribution in [2.45, 2.75) is 0 Å². The fourth-order valence-electron chi connectivity index (χ4n) is 2.36. The Balaban J connectivity index is 1.56. The van der Waals surface area contributed by atoms with Crippen molar-refractivity contribution in [3.63, 3.8) is 0 Å². The van der Waals surface area contributed by atoms with Crippen molar-refractivity contribution in [2.24, 2.45) is 0 Å². The zero-order chi connectivity index (χ0) is 18.4. The molecular formula is C21H15FN2O2. The quantitative estimate of drug-likeness (QED) is 0.746. The van der Waals surface area contributed by atoms with Gasteiger partial charge in [0.25, 0.3) is 5.91 Å². The Morgan fingerprint density at radius 1 is 0.923 bits per heavy atom. The van der Waals surface area contributed by atoms with Crippen LogP contribution < -0.4 is 10.1 Å². The van der Waals surface area contributed by atoms with Crippen LogP contribution in [0.4, 0.5) is 10.1 Å². The third-order valence-electron chi connectivity index (χ3n) is 3.70. The van der Waals surface area contributed by atoms with Crippen LogP contribution in [0.2, 0.25) is 0 Å². The fraction of sp³-hybridized carbons (Fsp3) is 0.0476. The predicted octanol–water partition coefficient (Wildman–Crippen LogP) is 4.38. The van der Waals surface area contributed by atoms with Crippen LogP contribution in [0.3, 0.4) is 0 Å². The molecule has 0 saturated carbocycles. The highest BCUT2D eigenvalue weighted by molar-refractivity contribution is 5.91. The average molecular weight is 346 g/mol. The van der Waals surface area contributed by atoms with Crippen molar-refractivity contribution in [3.8, 4) is 22.9 Å². The molecule has 5 heteroatoms. The minimum atomic E-state index is -0.360. The minimum absolute atomic E-state index is 0.145. The largest absolute Gasteiger partial charge is 0.484 e. The lowest BCUT2D eigenvalue weighted by Gasteiger charge is -2.08. The summed E-state index contributed by atoms with van der Waals surface area (Å²) in [5, 5.41) is 11.5. The Labute approximate surface area is 150 Å². The van der Waals surface area contributed by atoms with Gasteiger partial charge in [-0.15, -0.1) is 0 Å². The van der Waals surface area contributed by atoms with Gasteiger partial charge in [0.15, 0.2) is 6.61 Å². The number of amides is 1. The maximum absolute atomic E-state index is 12.8. The predicted molar refractivity (Wildman–Crippen MR) is 97.1 cm³/mol.